The summed E-state index contributed by atoms with van der Waals surface area (Å²) in [6.45, 7) is 0. The fourth-order valence-electron chi connectivity index (χ4n) is 2.93. The highest BCUT2D eigenvalue weighted by molar-refractivity contribution is 6.11. The summed E-state index contributed by atoms with van der Waals surface area (Å²) in [5.74, 6) is 1.18. The third kappa shape index (κ3) is 5.02. The van der Waals surface area contributed by atoms with Gasteiger partial charge in [-0.2, -0.15) is 0 Å². The third-order valence-corrected chi connectivity index (χ3v) is 4.36. The van der Waals surface area contributed by atoms with Gasteiger partial charge in [-0.3, -0.25) is 14.9 Å². The summed E-state index contributed by atoms with van der Waals surface area (Å²) >= 11 is 0. The Morgan fingerprint density at radius 1 is 0.867 bits per heavy atom. The summed E-state index contributed by atoms with van der Waals surface area (Å²) in [5.41, 5.74) is 1.42. The van der Waals surface area contributed by atoms with E-state index in [4.69, 9.17) is 4.74 Å². The molecule has 2 amide bonds. The molecular formula is C23H20N4O3. The van der Waals surface area contributed by atoms with E-state index in [1.54, 1.807) is 12.1 Å². The van der Waals surface area contributed by atoms with Gasteiger partial charge in [0.2, 0.25) is 11.9 Å². The lowest BCUT2D eigenvalue weighted by molar-refractivity contribution is -0.123. The van der Waals surface area contributed by atoms with Crippen molar-refractivity contribution in [2.24, 2.45) is 4.99 Å². The fraction of sp³-hybridized carbons (Fsp3) is 0.0870. The average Bonchev–Trinajstić information content (AvgIpc) is 3.09. The fourth-order valence-corrected chi connectivity index (χ4v) is 2.93. The molecule has 3 aromatic carbocycles. The Labute approximate surface area is 173 Å². The van der Waals surface area contributed by atoms with Crippen LogP contribution in [0.2, 0.25) is 0 Å². The number of nitrogens with one attached hydrogen (secondary N) is 3. The lowest BCUT2D eigenvalue weighted by Gasteiger charge is -2.08. The smallest absolute Gasteiger partial charge is 0.252 e. The average molecular weight is 400 g/mol. The van der Waals surface area contributed by atoms with Crippen molar-refractivity contribution in [2.75, 3.05) is 10.6 Å². The summed E-state index contributed by atoms with van der Waals surface area (Å²) < 4.78 is 5.76. The summed E-state index contributed by atoms with van der Waals surface area (Å²) in [6.07, 6.45) is -0.0320. The van der Waals surface area contributed by atoms with Crippen molar-refractivity contribution in [3.63, 3.8) is 0 Å². The van der Waals surface area contributed by atoms with E-state index in [9.17, 15) is 9.59 Å². The van der Waals surface area contributed by atoms with Gasteiger partial charge in [0, 0.05) is 11.4 Å². The molecule has 1 aliphatic heterocycles. The molecule has 30 heavy (non-hydrogen) atoms. The minimum absolute atomic E-state index is 0.0320. The van der Waals surface area contributed by atoms with Gasteiger partial charge in [-0.1, -0.05) is 36.4 Å². The van der Waals surface area contributed by atoms with Crippen LogP contribution in [-0.4, -0.2) is 23.8 Å². The van der Waals surface area contributed by atoms with Gasteiger partial charge in [0.15, 0.2) is 0 Å². The van der Waals surface area contributed by atoms with E-state index in [0.717, 1.165) is 11.4 Å². The number of benzene rings is 3. The molecule has 7 heteroatoms. The monoisotopic (exact) mass is 400 g/mol. The summed E-state index contributed by atoms with van der Waals surface area (Å²) in [7, 11) is 0. The van der Waals surface area contributed by atoms with Crippen molar-refractivity contribution in [1.82, 2.24) is 5.32 Å². The molecule has 7 nitrogen and oxygen atoms in total. The van der Waals surface area contributed by atoms with Gasteiger partial charge in [0.05, 0.1) is 6.42 Å². The number of carbonyl (C=O) groups is 2. The molecule has 1 unspecified atom stereocenters. The number of carbonyl (C=O) groups excluding carboxylic acids is 2. The van der Waals surface area contributed by atoms with Crippen LogP contribution in [0.5, 0.6) is 11.5 Å². The van der Waals surface area contributed by atoms with Crippen LogP contribution in [0.25, 0.3) is 0 Å². The first kappa shape index (κ1) is 19.2. The van der Waals surface area contributed by atoms with E-state index in [1.807, 2.05) is 72.8 Å². The highest BCUT2D eigenvalue weighted by Crippen LogP contribution is 2.23. The number of anilines is 2. The molecule has 1 atom stereocenters. The molecule has 4 rings (SSSR count). The van der Waals surface area contributed by atoms with Gasteiger partial charge in [-0.15, -0.1) is 0 Å². The van der Waals surface area contributed by atoms with Gasteiger partial charge in [-0.25, -0.2) is 4.99 Å². The summed E-state index contributed by atoms with van der Waals surface area (Å²) in [6, 6.07) is 25.1. The van der Waals surface area contributed by atoms with Gasteiger partial charge >= 0.3 is 0 Å². The Bertz CT molecular complexity index is 1050. The van der Waals surface area contributed by atoms with Crippen LogP contribution in [0.1, 0.15) is 6.42 Å². The number of amides is 2. The molecule has 0 saturated carbocycles. The second kappa shape index (κ2) is 8.91. The number of aliphatic imine (C=N–C) groups is 1. The Morgan fingerprint density at radius 3 is 2.20 bits per heavy atom. The number of rotatable bonds is 6. The zero-order chi connectivity index (χ0) is 20.8. The van der Waals surface area contributed by atoms with Crippen molar-refractivity contribution < 1.29 is 14.3 Å². The largest absolute Gasteiger partial charge is 0.457 e. The van der Waals surface area contributed by atoms with Crippen molar-refractivity contribution in [1.29, 1.82) is 0 Å². The lowest BCUT2D eigenvalue weighted by atomic mass is 10.2. The topological polar surface area (TPSA) is 91.8 Å². The zero-order valence-electron chi connectivity index (χ0n) is 16.0. The normalized spacial score (nSPS) is 15.1. The molecule has 1 heterocycles. The van der Waals surface area contributed by atoms with Gasteiger partial charge in [-0.05, 0) is 48.5 Å². The first-order valence-corrected chi connectivity index (χ1v) is 9.49. The van der Waals surface area contributed by atoms with E-state index < -0.39 is 6.04 Å². The van der Waals surface area contributed by atoms with Gasteiger partial charge in [0.25, 0.3) is 5.91 Å². The molecule has 0 fully saturated rings. The first-order chi connectivity index (χ1) is 14.7. The second-order valence-electron chi connectivity index (χ2n) is 6.67. The maximum Gasteiger partial charge on any atom is 0.252 e. The Balaban J connectivity index is 1.33. The van der Waals surface area contributed by atoms with Gasteiger partial charge < -0.3 is 15.4 Å². The number of para-hydroxylation sites is 2. The molecule has 0 bridgehead atoms. The van der Waals surface area contributed by atoms with Crippen molar-refractivity contribution in [3.8, 4) is 11.5 Å². The molecule has 0 radical (unpaired) electrons. The SMILES string of the molecule is O=C(CC1N=C(Nc2ccc(Oc3ccccc3)cc2)NC1=O)Nc1ccccc1. The van der Waals surface area contributed by atoms with Crippen LogP contribution in [-0.2, 0) is 9.59 Å². The standard InChI is InChI=1S/C23H20N4O3/c28-21(24-16-7-3-1-4-8-16)15-20-22(29)27-23(26-20)25-17-11-13-19(14-12-17)30-18-9-5-2-6-10-18/h1-14,20H,15H2,(H,24,28)(H2,25,26,27,29). The predicted molar refractivity (Wildman–Crippen MR) is 116 cm³/mol. The molecule has 150 valence electrons. The van der Waals surface area contributed by atoms with Crippen LogP contribution >= 0.6 is 0 Å². The van der Waals surface area contributed by atoms with E-state index in [0.29, 0.717) is 17.4 Å². The number of hydrogen-bond acceptors (Lipinski definition) is 5. The first-order valence-electron chi connectivity index (χ1n) is 9.49. The van der Waals surface area contributed by atoms with Crippen molar-refractivity contribution >= 4 is 29.1 Å². The van der Waals surface area contributed by atoms with Crippen molar-refractivity contribution in [2.45, 2.75) is 12.5 Å². The number of guanidine groups is 1. The van der Waals surface area contributed by atoms with Gasteiger partial charge in [0.1, 0.15) is 17.5 Å². The van der Waals surface area contributed by atoms with E-state index >= 15 is 0 Å². The minimum Gasteiger partial charge on any atom is -0.457 e. The molecule has 3 N–H and O–H groups in total. The highest BCUT2D eigenvalue weighted by Gasteiger charge is 2.28. The summed E-state index contributed by atoms with van der Waals surface area (Å²) in [4.78, 5) is 28.6. The maximum atomic E-state index is 12.2. The van der Waals surface area contributed by atoms with E-state index in [-0.39, 0.29) is 18.2 Å². The van der Waals surface area contributed by atoms with Crippen LogP contribution in [0.3, 0.4) is 0 Å². The summed E-state index contributed by atoms with van der Waals surface area (Å²) in [5, 5.41) is 8.47. The second-order valence-corrected chi connectivity index (χ2v) is 6.67. The molecule has 0 spiro atoms. The Kier molecular flexibility index (Phi) is 5.70. The molecule has 0 aromatic heterocycles. The number of nitrogens with zero attached hydrogens (tertiary/aromatic N) is 1. The zero-order valence-corrected chi connectivity index (χ0v) is 16.0. The molecule has 1 aliphatic rings. The van der Waals surface area contributed by atoms with Crippen LogP contribution in [0, 0.1) is 0 Å². The lowest BCUT2D eigenvalue weighted by Crippen LogP contribution is -2.33. The molecule has 0 aliphatic carbocycles. The van der Waals surface area contributed by atoms with E-state index in [2.05, 4.69) is 20.9 Å². The molecule has 3 aromatic rings. The van der Waals surface area contributed by atoms with Crippen LogP contribution in [0.15, 0.2) is 89.9 Å². The third-order valence-electron chi connectivity index (χ3n) is 4.36. The highest BCUT2D eigenvalue weighted by atomic mass is 16.5. The van der Waals surface area contributed by atoms with E-state index in [1.165, 1.54) is 0 Å². The Morgan fingerprint density at radius 2 is 1.50 bits per heavy atom. The van der Waals surface area contributed by atoms with Crippen LogP contribution in [0.4, 0.5) is 11.4 Å². The Hall–Kier alpha value is -4.13. The molecule has 0 saturated heterocycles. The quantitative estimate of drug-likeness (QED) is 0.587. The molecular weight excluding hydrogens is 380 g/mol. The van der Waals surface area contributed by atoms with Crippen LogP contribution < -0.4 is 20.7 Å². The minimum atomic E-state index is -0.767. The van der Waals surface area contributed by atoms with Crippen molar-refractivity contribution in [3.05, 3.63) is 84.9 Å². The maximum absolute atomic E-state index is 12.2. The predicted octanol–water partition coefficient (Wildman–Crippen LogP) is 3.77. The number of ether oxygens (including phenoxy) is 1. The number of hydrogen-bond donors (Lipinski definition) is 3.